The van der Waals surface area contributed by atoms with Crippen molar-refractivity contribution >= 4 is 21.4 Å². The standard InChI is InChI=1S/C31H32N6O3S/c32-19-23-5-1-4-8-28(23)37-20-27(22-9-11-24(12-10-22)36-15-17-41(39,40)18-16-36)29(35-37)25-6-2-3-7-26(25)30(38)34-31(21-33)13-14-31/h1,4-5,8-12,20,25-26H,2-3,6-7,13-18H2,(H,34,38)/t25-,26-/m1/s1. The van der Waals surface area contributed by atoms with Crippen molar-refractivity contribution in [2.75, 3.05) is 29.5 Å². The van der Waals surface area contributed by atoms with Crippen LogP contribution in [0.5, 0.6) is 0 Å². The zero-order chi connectivity index (χ0) is 28.6. The summed E-state index contributed by atoms with van der Waals surface area (Å²) in [7, 11) is -2.97. The quantitative estimate of drug-likeness (QED) is 0.474. The Morgan fingerprint density at radius 3 is 2.39 bits per heavy atom. The van der Waals surface area contributed by atoms with E-state index in [1.807, 2.05) is 48.7 Å². The Kier molecular flexibility index (Phi) is 7.04. The fraction of sp³-hybridized carbons (Fsp3) is 0.419. The monoisotopic (exact) mass is 568 g/mol. The molecule has 3 aromatic rings. The zero-order valence-electron chi connectivity index (χ0n) is 22.8. The van der Waals surface area contributed by atoms with Crippen LogP contribution in [0.15, 0.2) is 54.7 Å². The van der Waals surface area contributed by atoms with E-state index in [4.69, 9.17) is 5.10 Å². The van der Waals surface area contributed by atoms with Gasteiger partial charge >= 0.3 is 0 Å². The molecular weight excluding hydrogens is 536 g/mol. The van der Waals surface area contributed by atoms with Gasteiger partial charge in [-0.15, -0.1) is 0 Å². The van der Waals surface area contributed by atoms with Crippen LogP contribution < -0.4 is 10.2 Å². The summed E-state index contributed by atoms with van der Waals surface area (Å²) in [5, 5.41) is 27.4. The van der Waals surface area contributed by atoms with Crippen LogP contribution in [0.4, 0.5) is 5.69 Å². The second-order valence-corrected chi connectivity index (χ2v) is 13.7. The van der Waals surface area contributed by atoms with Gasteiger partial charge in [0, 0.05) is 42.4 Å². The first-order chi connectivity index (χ1) is 19.8. The molecule has 2 heterocycles. The van der Waals surface area contributed by atoms with Crippen LogP contribution in [0.2, 0.25) is 0 Å². The van der Waals surface area contributed by atoms with Crippen LogP contribution in [0.3, 0.4) is 0 Å². The van der Waals surface area contributed by atoms with Crippen molar-refractivity contribution in [2.45, 2.75) is 50.0 Å². The third-order valence-corrected chi connectivity index (χ3v) is 10.3. The van der Waals surface area contributed by atoms with Gasteiger partial charge in [-0.3, -0.25) is 4.79 Å². The van der Waals surface area contributed by atoms with Crippen LogP contribution in [0.25, 0.3) is 16.8 Å². The highest BCUT2D eigenvalue weighted by Gasteiger charge is 2.47. The number of nitrogens with zero attached hydrogens (tertiary/aromatic N) is 5. The molecule has 1 saturated heterocycles. The molecule has 1 N–H and O–H groups in total. The summed E-state index contributed by atoms with van der Waals surface area (Å²) in [6.45, 7) is 0.942. The summed E-state index contributed by atoms with van der Waals surface area (Å²) >= 11 is 0. The van der Waals surface area contributed by atoms with Gasteiger partial charge in [0.05, 0.1) is 34.5 Å². The average Bonchev–Trinajstić information content (AvgIpc) is 3.63. The molecule has 9 nitrogen and oxygen atoms in total. The Morgan fingerprint density at radius 1 is 1.00 bits per heavy atom. The fourth-order valence-corrected chi connectivity index (χ4v) is 7.29. The minimum Gasteiger partial charge on any atom is -0.369 e. The van der Waals surface area contributed by atoms with Crippen molar-refractivity contribution in [3.8, 4) is 29.0 Å². The first kappa shape index (κ1) is 27.0. The van der Waals surface area contributed by atoms with Gasteiger partial charge in [0.15, 0.2) is 9.84 Å². The van der Waals surface area contributed by atoms with Gasteiger partial charge in [-0.05, 0) is 55.5 Å². The van der Waals surface area contributed by atoms with Crippen LogP contribution in [-0.4, -0.2) is 54.2 Å². The van der Waals surface area contributed by atoms with E-state index in [0.29, 0.717) is 37.2 Å². The topological polar surface area (TPSA) is 132 Å². The van der Waals surface area contributed by atoms with Crippen LogP contribution in [0.1, 0.15) is 55.7 Å². The summed E-state index contributed by atoms with van der Waals surface area (Å²) in [5.41, 5.74) is 4.07. The number of anilines is 1. The Hall–Kier alpha value is -4.15. The maximum atomic E-state index is 13.5. The number of carbonyl (C=O) groups is 1. The highest BCUT2D eigenvalue weighted by atomic mass is 32.2. The number of para-hydroxylation sites is 1. The molecule has 6 rings (SSSR count). The number of benzene rings is 2. The van der Waals surface area contributed by atoms with Crippen molar-refractivity contribution in [1.82, 2.24) is 15.1 Å². The second kappa shape index (κ2) is 10.7. The van der Waals surface area contributed by atoms with Gasteiger partial charge in [0.1, 0.15) is 11.6 Å². The second-order valence-electron chi connectivity index (χ2n) is 11.4. The third-order valence-electron chi connectivity index (χ3n) is 8.68. The first-order valence-electron chi connectivity index (χ1n) is 14.2. The molecule has 210 valence electrons. The lowest BCUT2D eigenvalue weighted by molar-refractivity contribution is -0.127. The van der Waals surface area contributed by atoms with E-state index >= 15 is 0 Å². The Bertz CT molecular complexity index is 1650. The van der Waals surface area contributed by atoms with E-state index in [-0.39, 0.29) is 29.2 Å². The molecule has 10 heteroatoms. The van der Waals surface area contributed by atoms with Crippen LogP contribution in [-0.2, 0) is 14.6 Å². The van der Waals surface area contributed by atoms with Gasteiger partial charge < -0.3 is 10.2 Å². The lowest BCUT2D eigenvalue weighted by atomic mass is 9.75. The maximum absolute atomic E-state index is 13.5. The summed E-state index contributed by atoms with van der Waals surface area (Å²) < 4.78 is 25.5. The van der Waals surface area contributed by atoms with Crippen LogP contribution >= 0.6 is 0 Å². The highest BCUT2D eigenvalue weighted by Crippen LogP contribution is 2.43. The summed E-state index contributed by atoms with van der Waals surface area (Å²) in [5.74, 6) is -0.194. The number of rotatable bonds is 6. The zero-order valence-corrected chi connectivity index (χ0v) is 23.6. The molecule has 2 aromatic carbocycles. The van der Waals surface area contributed by atoms with Gasteiger partial charge in [-0.1, -0.05) is 37.1 Å². The van der Waals surface area contributed by atoms with Crippen molar-refractivity contribution in [2.24, 2.45) is 5.92 Å². The molecule has 1 aliphatic heterocycles. The molecule has 2 saturated carbocycles. The number of carbonyl (C=O) groups excluding carboxylic acids is 1. The van der Waals surface area contributed by atoms with Gasteiger partial charge in [-0.25, -0.2) is 13.1 Å². The first-order valence-corrected chi connectivity index (χ1v) is 16.0. The van der Waals surface area contributed by atoms with Crippen molar-refractivity contribution < 1.29 is 13.2 Å². The Morgan fingerprint density at radius 2 is 1.71 bits per heavy atom. The lowest BCUT2D eigenvalue weighted by Gasteiger charge is -2.31. The van der Waals surface area contributed by atoms with E-state index in [9.17, 15) is 23.7 Å². The Labute approximate surface area is 240 Å². The SMILES string of the molecule is N#Cc1ccccc1-n1cc(-c2ccc(N3CCS(=O)(=O)CC3)cc2)c([C@@H]2CCCC[C@H]2C(=O)NC2(C#N)CC2)n1. The average molecular weight is 569 g/mol. The lowest BCUT2D eigenvalue weighted by Crippen LogP contribution is -2.42. The van der Waals surface area contributed by atoms with Crippen LogP contribution in [0, 0.1) is 28.6 Å². The molecule has 1 aromatic heterocycles. The Balaban J connectivity index is 1.37. The maximum Gasteiger partial charge on any atom is 0.225 e. The van der Waals surface area contributed by atoms with E-state index in [1.54, 1.807) is 10.7 Å². The van der Waals surface area contributed by atoms with Crippen molar-refractivity contribution in [1.29, 1.82) is 10.5 Å². The number of amides is 1. The minimum atomic E-state index is -2.97. The predicted octanol–water partition coefficient (Wildman–Crippen LogP) is 4.09. The van der Waals surface area contributed by atoms with E-state index in [2.05, 4.69) is 22.4 Å². The number of nitrogens with one attached hydrogen (secondary N) is 1. The normalized spacial score (nSPS) is 22.7. The molecule has 0 spiro atoms. The predicted molar refractivity (Wildman–Crippen MR) is 155 cm³/mol. The number of sulfone groups is 1. The molecule has 0 radical (unpaired) electrons. The molecule has 1 amide bonds. The highest BCUT2D eigenvalue weighted by molar-refractivity contribution is 7.91. The molecule has 0 unspecified atom stereocenters. The van der Waals surface area contributed by atoms with Gasteiger partial charge in [0.2, 0.25) is 5.91 Å². The largest absolute Gasteiger partial charge is 0.369 e. The fourth-order valence-electron chi connectivity index (χ4n) is 6.09. The van der Waals surface area contributed by atoms with E-state index < -0.39 is 15.4 Å². The molecule has 3 aliphatic rings. The molecule has 41 heavy (non-hydrogen) atoms. The molecular formula is C31H32N6O3S. The van der Waals surface area contributed by atoms with E-state index in [1.165, 1.54) is 0 Å². The number of aromatic nitrogens is 2. The number of hydrogen-bond donors (Lipinski definition) is 1. The van der Waals surface area contributed by atoms with Gasteiger partial charge in [0.25, 0.3) is 0 Å². The molecule has 2 atom stereocenters. The van der Waals surface area contributed by atoms with Crippen molar-refractivity contribution in [3.05, 3.63) is 66.0 Å². The minimum absolute atomic E-state index is 0.0814. The summed E-state index contributed by atoms with van der Waals surface area (Å²) in [4.78, 5) is 15.6. The molecule has 3 fully saturated rings. The number of nitriles is 2. The molecule has 2 aliphatic carbocycles. The number of hydrogen-bond acceptors (Lipinski definition) is 7. The smallest absolute Gasteiger partial charge is 0.225 e. The summed E-state index contributed by atoms with van der Waals surface area (Å²) in [6.07, 6.45) is 6.78. The molecule has 0 bridgehead atoms. The van der Waals surface area contributed by atoms with E-state index in [0.717, 1.165) is 48.2 Å². The summed E-state index contributed by atoms with van der Waals surface area (Å²) in [6, 6.07) is 19.9. The van der Waals surface area contributed by atoms with Crippen molar-refractivity contribution in [3.63, 3.8) is 0 Å². The van der Waals surface area contributed by atoms with Gasteiger partial charge in [-0.2, -0.15) is 15.6 Å². The third kappa shape index (κ3) is 5.45.